The first kappa shape index (κ1) is 21.7. The van der Waals surface area contributed by atoms with Gasteiger partial charge in [0.15, 0.2) is 0 Å². The molecule has 3 amide bonds. The number of anilines is 1. The maximum atomic E-state index is 13.4. The molecule has 1 N–H and O–H groups in total. The molecule has 0 fully saturated rings. The molecule has 0 aromatic heterocycles. The molecule has 2 aliphatic heterocycles. The molecule has 172 valence electrons. The van der Waals surface area contributed by atoms with Crippen LogP contribution < -0.4 is 15.0 Å². The van der Waals surface area contributed by atoms with Crippen LogP contribution in [0.1, 0.15) is 50.9 Å². The van der Waals surface area contributed by atoms with E-state index in [0.717, 1.165) is 16.9 Å². The molecule has 0 unspecified atom stereocenters. The predicted molar refractivity (Wildman–Crippen MR) is 128 cm³/mol. The molecule has 2 heterocycles. The molecule has 0 saturated heterocycles. The zero-order chi connectivity index (χ0) is 23.7. The number of ether oxygens (including phenoxy) is 1. The van der Waals surface area contributed by atoms with Crippen LogP contribution in [0.3, 0.4) is 0 Å². The van der Waals surface area contributed by atoms with Gasteiger partial charge in [-0.25, -0.2) is 0 Å². The van der Waals surface area contributed by atoms with Crippen LogP contribution in [0.25, 0.3) is 0 Å². The molecule has 5 rings (SSSR count). The van der Waals surface area contributed by atoms with E-state index in [0.29, 0.717) is 36.3 Å². The van der Waals surface area contributed by atoms with Crippen LogP contribution in [0.15, 0.2) is 72.8 Å². The van der Waals surface area contributed by atoms with Crippen molar-refractivity contribution in [3.63, 3.8) is 0 Å². The van der Waals surface area contributed by atoms with Crippen molar-refractivity contribution in [2.45, 2.75) is 25.6 Å². The minimum absolute atomic E-state index is 0.0829. The van der Waals surface area contributed by atoms with Crippen molar-refractivity contribution < 1.29 is 19.1 Å². The van der Waals surface area contributed by atoms with Crippen LogP contribution in [-0.4, -0.2) is 36.3 Å². The first-order valence-corrected chi connectivity index (χ1v) is 11.3. The van der Waals surface area contributed by atoms with Gasteiger partial charge >= 0.3 is 0 Å². The quantitative estimate of drug-likeness (QED) is 0.586. The standard InChI is InChI=1S/C27H25N3O4/c1-34-19-14-12-18(13-15-19)17-28-24(31)11-6-16-29-25-20-7-2-3-8-21(20)27(33)30(25)23-10-5-4-9-22(23)26(29)32/h2-5,7-10,12-15,25H,6,11,16-17H2,1H3,(H,28,31)/t25-/m1/s1. The number of carbonyl (C=O) groups is 3. The molecule has 34 heavy (non-hydrogen) atoms. The zero-order valence-electron chi connectivity index (χ0n) is 18.9. The monoisotopic (exact) mass is 455 g/mol. The van der Waals surface area contributed by atoms with E-state index in [1.165, 1.54) is 0 Å². The Kier molecular flexibility index (Phi) is 5.76. The molecule has 7 nitrogen and oxygen atoms in total. The van der Waals surface area contributed by atoms with Gasteiger partial charge < -0.3 is 15.0 Å². The van der Waals surface area contributed by atoms with E-state index in [1.54, 1.807) is 35.1 Å². The minimum atomic E-state index is -0.492. The highest BCUT2D eigenvalue weighted by Crippen LogP contribution is 2.45. The van der Waals surface area contributed by atoms with Crippen molar-refractivity contribution in [1.29, 1.82) is 0 Å². The Bertz CT molecular complexity index is 1250. The molecular weight excluding hydrogens is 430 g/mol. The Morgan fingerprint density at radius 3 is 2.38 bits per heavy atom. The van der Waals surface area contributed by atoms with E-state index in [4.69, 9.17) is 4.74 Å². The fourth-order valence-corrected chi connectivity index (χ4v) is 4.64. The van der Waals surface area contributed by atoms with Crippen LogP contribution in [0, 0.1) is 0 Å². The predicted octanol–water partition coefficient (Wildman–Crippen LogP) is 3.91. The van der Waals surface area contributed by atoms with Gasteiger partial charge in [-0.05, 0) is 42.3 Å². The summed E-state index contributed by atoms with van der Waals surface area (Å²) in [5.41, 5.74) is 3.54. The number of benzene rings is 3. The van der Waals surface area contributed by atoms with Crippen LogP contribution in [0.5, 0.6) is 5.75 Å². The highest BCUT2D eigenvalue weighted by Gasteiger charge is 2.47. The first-order chi connectivity index (χ1) is 16.6. The van der Waals surface area contributed by atoms with E-state index < -0.39 is 6.17 Å². The van der Waals surface area contributed by atoms with Crippen molar-refractivity contribution in [3.05, 3.63) is 95.1 Å². The SMILES string of the molecule is COc1ccc(CNC(=O)CCCN2C(=O)c3ccccc3N3C(=O)c4ccccc4[C@H]23)cc1. The number of para-hydroxylation sites is 1. The van der Waals surface area contributed by atoms with E-state index in [2.05, 4.69) is 5.32 Å². The molecule has 0 spiro atoms. The van der Waals surface area contributed by atoms with Crippen molar-refractivity contribution >= 4 is 23.4 Å². The second-order valence-corrected chi connectivity index (χ2v) is 8.38. The average molecular weight is 456 g/mol. The number of carbonyl (C=O) groups excluding carboxylic acids is 3. The van der Waals surface area contributed by atoms with Gasteiger partial charge in [0, 0.05) is 30.6 Å². The van der Waals surface area contributed by atoms with Gasteiger partial charge in [-0.2, -0.15) is 0 Å². The van der Waals surface area contributed by atoms with Crippen molar-refractivity contribution in [3.8, 4) is 5.75 Å². The normalized spacial score (nSPS) is 16.1. The average Bonchev–Trinajstić information content (AvgIpc) is 3.17. The summed E-state index contributed by atoms with van der Waals surface area (Å²) in [5, 5.41) is 2.92. The lowest BCUT2D eigenvalue weighted by Gasteiger charge is -2.41. The highest BCUT2D eigenvalue weighted by molar-refractivity contribution is 6.16. The molecule has 0 radical (unpaired) electrons. The fourth-order valence-electron chi connectivity index (χ4n) is 4.64. The summed E-state index contributed by atoms with van der Waals surface area (Å²) in [6.07, 6.45) is 0.279. The summed E-state index contributed by atoms with van der Waals surface area (Å²) in [6, 6.07) is 22.1. The third-order valence-corrected chi connectivity index (χ3v) is 6.33. The second-order valence-electron chi connectivity index (χ2n) is 8.38. The van der Waals surface area contributed by atoms with Crippen LogP contribution in [0.4, 0.5) is 5.69 Å². The number of hydrogen-bond acceptors (Lipinski definition) is 4. The van der Waals surface area contributed by atoms with Crippen molar-refractivity contribution in [2.24, 2.45) is 0 Å². The lowest BCUT2D eigenvalue weighted by molar-refractivity contribution is -0.121. The number of methoxy groups -OCH3 is 1. The van der Waals surface area contributed by atoms with Gasteiger partial charge in [0.1, 0.15) is 11.9 Å². The maximum absolute atomic E-state index is 13.4. The molecule has 0 saturated carbocycles. The number of hydrogen-bond donors (Lipinski definition) is 1. The van der Waals surface area contributed by atoms with E-state index >= 15 is 0 Å². The number of nitrogens with zero attached hydrogens (tertiary/aromatic N) is 2. The Morgan fingerprint density at radius 1 is 0.912 bits per heavy atom. The Morgan fingerprint density at radius 2 is 1.62 bits per heavy atom. The molecule has 7 heteroatoms. The Balaban J connectivity index is 1.28. The number of nitrogens with one attached hydrogen (secondary N) is 1. The summed E-state index contributed by atoms with van der Waals surface area (Å²) in [7, 11) is 1.61. The summed E-state index contributed by atoms with van der Waals surface area (Å²) < 4.78 is 5.15. The van der Waals surface area contributed by atoms with Crippen molar-refractivity contribution in [1.82, 2.24) is 10.2 Å². The molecule has 3 aromatic carbocycles. The fraction of sp³-hybridized carbons (Fsp3) is 0.222. The lowest BCUT2D eigenvalue weighted by Crippen LogP contribution is -2.48. The Labute approximate surface area is 197 Å². The first-order valence-electron chi connectivity index (χ1n) is 11.3. The van der Waals surface area contributed by atoms with E-state index in [-0.39, 0.29) is 24.1 Å². The zero-order valence-corrected chi connectivity index (χ0v) is 18.9. The van der Waals surface area contributed by atoms with Gasteiger partial charge in [-0.1, -0.05) is 42.5 Å². The number of rotatable bonds is 7. The second kappa shape index (κ2) is 9.02. The topological polar surface area (TPSA) is 79.0 Å². The lowest BCUT2D eigenvalue weighted by atomic mass is 10.0. The van der Waals surface area contributed by atoms with Crippen LogP contribution in [0.2, 0.25) is 0 Å². The largest absolute Gasteiger partial charge is 0.497 e. The third kappa shape index (κ3) is 3.79. The maximum Gasteiger partial charge on any atom is 0.260 e. The number of fused-ring (bicyclic) bond motifs is 5. The molecule has 2 aliphatic rings. The summed E-state index contributed by atoms with van der Waals surface area (Å²) in [5.74, 6) is 0.451. The van der Waals surface area contributed by atoms with Crippen molar-refractivity contribution in [2.75, 3.05) is 18.6 Å². The van der Waals surface area contributed by atoms with Gasteiger partial charge in [-0.3, -0.25) is 19.3 Å². The van der Waals surface area contributed by atoms with Gasteiger partial charge in [0.2, 0.25) is 5.91 Å². The van der Waals surface area contributed by atoms with Gasteiger partial charge in [0.05, 0.1) is 18.4 Å². The van der Waals surface area contributed by atoms with Crippen LogP contribution in [-0.2, 0) is 11.3 Å². The third-order valence-electron chi connectivity index (χ3n) is 6.33. The highest BCUT2D eigenvalue weighted by atomic mass is 16.5. The van der Waals surface area contributed by atoms with E-state index in [9.17, 15) is 14.4 Å². The Hall–Kier alpha value is -4.13. The molecule has 1 atom stereocenters. The van der Waals surface area contributed by atoms with Crippen LogP contribution >= 0.6 is 0 Å². The smallest absolute Gasteiger partial charge is 0.260 e. The molecule has 0 bridgehead atoms. The van der Waals surface area contributed by atoms with Gasteiger partial charge in [0.25, 0.3) is 11.8 Å². The molecule has 0 aliphatic carbocycles. The summed E-state index contributed by atoms with van der Waals surface area (Å²) in [6.45, 7) is 0.795. The minimum Gasteiger partial charge on any atom is -0.497 e. The number of amides is 3. The molecular formula is C27H25N3O4. The van der Waals surface area contributed by atoms with Gasteiger partial charge in [-0.15, -0.1) is 0 Å². The summed E-state index contributed by atoms with van der Waals surface area (Å²) in [4.78, 5) is 42.4. The molecule has 3 aromatic rings. The summed E-state index contributed by atoms with van der Waals surface area (Å²) >= 11 is 0. The van der Waals surface area contributed by atoms with E-state index in [1.807, 2.05) is 54.6 Å².